The molecule has 0 aliphatic carbocycles. The zero-order valence-electron chi connectivity index (χ0n) is 11.8. The van der Waals surface area contributed by atoms with Crippen LogP contribution in [0.4, 0.5) is 0 Å². The van der Waals surface area contributed by atoms with Gasteiger partial charge in [0.1, 0.15) is 6.54 Å². The Labute approximate surface area is 114 Å². The number of carbonyl (C=O) groups is 1. The van der Waals surface area contributed by atoms with Crippen molar-refractivity contribution in [1.82, 2.24) is 14.8 Å². The Morgan fingerprint density at radius 3 is 2.84 bits per heavy atom. The number of nitrogens with one attached hydrogen (secondary N) is 1. The maximum absolute atomic E-state index is 12.1. The third-order valence-corrected chi connectivity index (χ3v) is 3.61. The highest BCUT2D eigenvalue weighted by Gasteiger charge is 2.17. The van der Waals surface area contributed by atoms with Gasteiger partial charge in [0.25, 0.3) is 0 Å². The Hall–Kier alpha value is -1.33. The fourth-order valence-electron chi connectivity index (χ4n) is 2.44. The van der Waals surface area contributed by atoms with Gasteiger partial charge >= 0.3 is 0 Å². The second-order valence-corrected chi connectivity index (χ2v) is 4.86. The van der Waals surface area contributed by atoms with Crippen molar-refractivity contribution in [2.24, 2.45) is 0 Å². The summed E-state index contributed by atoms with van der Waals surface area (Å²) in [6, 6.07) is 2.44. The van der Waals surface area contributed by atoms with E-state index in [9.17, 15) is 4.79 Å². The molecule has 0 radical (unpaired) electrons. The zero-order valence-corrected chi connectivity index (χ0v) is 11.8. The molecule has 2 rings (SSSR count). The lowest BCUT2D eigenvalue weighted by atomic mass is 10.1. The zero-order chi connectivity index (χ0) is 13.7. The van der Waals surface area contributed by atoms with Gasteiger partial charge in [0.2, 0.25) is 5.91 Å². The van der Waals surface area contributed by atoms with Crippen LogP contribution in [0.5, 0.6) is 0 Å². The Morgan fingerprint density at radius 2 is 2.21 bits per heavy atom. The van der Waals surface area contributed by atoms with Gasteiger partial charge in [-0.15, -0.1) is 0 Å². The van der Waals surface area contributed by atoms with Crippen molar-refractivity contribution in [2.75, 3.05) is 33.4 Å². The predicted molar refractivity (Wildman–Crippen MR) is 73.9 cm³/mol. The molecule has 1 unspecified atom stereocenters. The molecule has 19 heavy (non-hydrogen) atoms. The Bertz CT molecular complexity index is 407. The Balaban J connectivity index is 1.93. The molecule has 1 aromatic heterocycles. The van der Waals surface area contributed by atoms with Gasteiger partial charge in [-0.3, -0.25) is 4.79 Å². The summed E-state index contributed by atoms with van der Waals surface area (Å²) in [6.45, 7) is 5.29. The summed E-state index contributed by atoms with van der Waals surface area (Å²) in [7, 11) is 1.96. The normalized spacial score (nSPS) is 17.5. The van der Waals surface area contributed by atoms with Crippen LogP contribution >= 0.6 is 0 Å². The van der Waals surface area contributed by atoms with E-state index in [1.54, 1.807) is 0 Å². The summed E-state index contributed by atoms with van der Waals surface area (Å²) in [5.41, 5.74) is 1.24. The molecular formula is C14H23N3O2. The van der Waals surface area contributed by atoms with Crippen LogP contribution in [0.25, 0.3) is 0 Å². The van der Waals surface area contributed by atoms with E-state index in [1.165, 1.54) is 5.56 Å². The number of carbonyl (C=O) groups excluding carboxylic acids is 1. The number of amides is 1. The van der Waals surface area contributed by atoms with Crippen molar-refractivity contribution >= 4 is 5.91 Å². The first-order valence-corrected chi connectivity index (χ1v) is 6.93. The molecule has 2 heterocycles. The van der Waals surface area contributed by atoms with Crippen LogP contribution in [0, 0.1) is 0 Å². The smallest absolute Gasteiger partial charge is 0.242 e. The molecule has 1 amide bonds. The Morgan fingerprint density at radius 1 is 1.47 bits per heavy atom. The summed E-state index contributed by atoms with van der Waals surface area (Å²) >= 11 is 0. The summed E-state index contributed by atoms with van der Waals surface area (Å²) < 4.78 is 7.22. The average molecular weight is 265 g/mol. The molecule has 1 aliphatic heterocycles. The molecule has 5 nitrogen and oxygen atoms in total. The minimum Gasteiger partial charge on any atom is -0.378 e. The van der Waals surface area contributed by atoms with Crippen molar-refractivity contribution < 1.29 is 9.53 Å². The van der Waals surface area contributed by atoms with Crippen LogP contribution in [-0.4, -0.2) is 48.7 Å². The fourth-order valence-corrected chi connectivity index (χ4v) is 2.44. The average Bonchev–Trinajstić information content (AvgIpc) is 2.89. The van der Waals surface area contributed by atoms with Crippen molar-refractivity contribution in [3.05, 3.63) is 24.0 Å². The molecule has 1 aliphatic rings. The topological polar surface area (TPSA) is 46.5 Å². The predicted octanol–water partition coefficient (Wildman–Crippen LogP) is 1.02. The molecule has 0 bridgehead atoms. The third-order valence-electron chi connectivity index (χ3n) is 3.61. The molecular weight excluding hydrogens is 242 g/mol. The van der Waals surface area contributed by atoms with Gasteiger partial charge in [-0.2, -0.15) is 0 Å². The summed E-state index contributed by atoms with van der Waals surface area (Å²) in [5.74, 6) is 0.169. The molecule has 0 aromatic carbocycles. The minimum absolute atomic E-state index is 0.169. The van der Waals surface area contributed by atoms with Crippen molar-refractivity contribution in [3.8, 4) is 0 Å². The van der Waals surface area contributed by atoms with E-state index in [2.05, 4.69) is 24.5 Å². The number of hydrogen-bond donors (Lipinski definition) is 1. The Kier molecular flexibility index (Phi) is 4.99. The molecule has 1 N–H and O–H groups in total. The van der Waals surface area contributed by atoms with Crippen molar-refractivity contribution in [3.63, 3.8) is 0 Å². The van der Waals surface area contributed by atoms with Gasteiger partial charge in [-0.05, 0) is 25.1 Å². The summed E-state index contributed by atoms with van der Waals surface area (Å²) in [6.07, 6.45) is 5.08. The second kappa shape index (κ2) is 6.73. The maximum atomic E-state index is 12.1. The van der Waals surface area contributed by atoms with E-state index in [4.69, 9.17) is 4.74 Å². The van der Waals surface area contributed by atoms with E-state index in [0.29, 0.717) is 38.9 Å². The van der Waals surface area contributed by atoms with E-state index >= 15 is 0 Å². The fraction of sp³-hybridized carbons (Fsp3) is 0.643. The highest BCUT2D eigenvalue weighted by molar-refractivity contribution is 5.76. The number of hydrogen-bond acceptors (Lipinski definition) is 3. The molecule has 0 spiro atoms. The lowest BCUT2D eigenvalue weighted by Crippen LogP contribution is -2.42. The van der Waals surface area contributed by atoms with Gasteiger partial charge in [0.15, 0.2) is 0 Å². The van der Waals surface area contributed by atoms with E-state index < -0.39 is 0 Å². The lowest BCUT2D eigenvalue weighted by molar-refractivity contribution is -0.135. The first kappa shape index (κ1) is 14.1. The number of rotatable bonds is 5. The second-order valence-electron chi connectivity index (χ2n) is 4.86. The number of aromatic nitrogens is 1. The van der Waals surface area contributed by atoms with Gasteiger partial charge in [0, 0.05) is 31.5 Å². The molecule has 0 saturated carbocycles. The van der Waals surface area contributed by atoms with Crippen LogP contribution in [0.1, 0.15) is 24.9 Å². The van der Waals surface area contributed by atoms with E-state index in [0.717, 1.165) is 6.42 Å². The van der Waals surface area contributed by atoms with Gasteiger partial charge in [-0.1, -0.05) is 6.92 Å². The van der Waals surface area contributed by atoms with Crippen LogP contribution in [0.3, 0.4) is 0 Å². The first-order valence-electron chi connectivity index (χ1n) is 6.93. The molecule has 5 heteroatoms. The molecule has 1 fully saturated rings. The van der Waals surface area contributed by atoms with Gasteiger partial charge in [0.05, 0.1) is 13.2 Å². The number of ether oxygens (including phenoxy) is 1. The minimum atomic E-state index is 0.169. The van der Waals surface area contributed by atoms with Crippen LogP contribution in [0.2, 0.25) is 0 Å². The highest BCUT2D eigenvalue weighted by atomic mass is 16.5. The third kappa shape index (κ3) is 3.58. The molecule has 106 valence electrons. The lowest BCUT2D eigenvalue weighted by Gasteiger charge is -2.27. The standard InChI is InChI=1S/C14H23N3O2/c1-3-13(15-2)12-4-5-16(10-12)11-14(18)17-6-8-19-9-7-17/h4-5,10,13,15H,3,6-9,11H2,1-2H3. The van der Waals surface area contributed by atoms with Crippen LogP contribution < -0.4 is 5.32 Å². The van der Waals surface area contributed by atoms with Crippen LogP contribution in [0.15, 0.2) is 18.5 Å². The molecule has 1 aromatic rings. The number of morpholine rings is 1. The maximum Gasteiger partial charge on any atom is 0.242 e. The van der Waals surface area contributed by atoms with E-state index in [-0.39, 0.29) is 5.91 Å². The quantitative estimate of drug-likeness (QED) is 0.864. The van der Waals surface area contributed by atoms with Crippen LogP contribution in [-0.2, 0) is 16.1 Å². The molecule has 1 saturated heterocycles. The van der Waals surface area contributed by atoms with Gasteiger partial charge in [-0.25, -0.2) is 0 Å². The van der Waals surface area contributed by atoms with Gasteiger partial charge < -0.3 is 19.5 Å². The molecule has 1 atom stereocenters. The largest absolute Gasteiger partial charge is 0.378 e. The van der Waals surface area contributed by atoms with Crippen molar-refractivity contribution in [1.29, 1.82) is 0 Å². The summed E-state index contributed by atoms with van der Waals surface area (Å²) in [4.78, 5) is 14.0. The number of nitrogens with zero attached hydrogens (tertiary/aromatic N) is 2. The van der Waals surface area contributed by atoms with Crippen molar-refractivity contribution in [2.45, 2.75) is 25.9 Å². The van der Waals surface area contributed by atoms with E-state index in [1.807, 2.05) is 22.7 Å². The summed E-state index contributed by atoms with van der Waals surface area (Å²) in [5, 5.41) is 3.27. The highest BCUT2D eigenvalue weighted by Crippen LogP contribution is 2.16. The SMILES string of the molecule is CCC(NC)c1ccn(CC(=O)N2CCOCC2)c1. The monoisotopic (exact) mass is 265 g/mol. The first-order chi connectivity index (χ1) is 9.24.